The van der Waals surface area contributed by atoms with Gasteiger partial charge in [0.2, 0.25) is 0 Å². The summed E-state index contributed by atoms with van der Waals surface area (Å²) < 4.78 is 0. The van der Waals surface area contributed by atoms with E-state index in [-0.39, 0.29) is 0 Å². The van der Waals surface area contributed by atoms with Gasteiger partial charge in [-0.3, -0.25) is 0 Å². The molecule has 27 heavy (non-hydrogen) atoms. The summed E-state index contributed by atoms with van der Waals surface area (Å²) in [5.74, 6) is 0.652. The van der Waals surface area contributed by atoms with Gasteiger partial charge in [0.15, 0.2) is 5.82 Å². The van der Waals surface area contributed by atoms with Crippen LogP contribution in [0.25, 0.3) is 33.4 Å². The average Bonchev–Trinajstić information content (AvgIpc) is 2.67. The predicted octanol–water partition coefficient (Wildman–Crippen LogP) is 6.16. The lowest BCUT2D eigenvalue weighted by molar-refractivity contribution is 1.23. The monoisotopic (exact) mass is 388 g/mol. The highest BCUT2D eigenvalue weighted by molar-refractivity contribution is 6.88. The van der Waals surface area contributed by atoms with Gasteiger partial charge >= 0.3 is 0 Å². The molecule has 1 aromatic heterocycles. The van der Waals surface area contributed by atoms with Crippen LogP contribution in [0, 0.1) is 0 Å². The molecule has 4 aromatic rings. The van der Waals surface area contributed by atoms with E-state index in [0.29, 0.717) is 11.0 Å². The number of benzene rings is 3. The number of rotatable bonds is 3. The highest BCUT2D eigenvalue weighted by Gasteiger charge is 2.15. The van der Waals surface area contributed by atoms with Crippen LogP contribution in [0.15, 0.2) is 72.8 Å². The molecular formula is C23H21ClN2Si. The summed E-state index contributed by atoms with van der Waals surface area (Å²) in [6.45, 7) is 7.10. The van der Waals surface area contributed by atoms with Crippen LogP contribution >= 0.6 is 11.6 Å². The normalized spacial score (nSPS) is 11.7. The second-order valence-electron chi connectivity index (χ2n) is 7.76. The Bertz CT molecular complexity index is 1100. The Kier molecular flexibility index (Phi) is 4.58. The zero-order valence-electron chi connectivity index (χ0n) is 15.7. The van der Waals surface area contributed by atoms with Crippen LogP contribution in [-0.4, -0.2) is 18.0 Å². The van der Waals surface area contributed by atoms with E-state index in [9.17, 15) is 0 Å². The Balaban J connectivity index is 1.66. The Hall–Kier alpha value is -2.49. The molecule has 0 saturated heterocycles. The van der Waals surface area contributed by atoms with Crippen LogP contribution in [0.5, 0.6) is 0 Å². The van der Waals surface area contributed by atoms with Gasteiger partial charge in [0.25, 0.3) is 0 Å². The first kappa shape index (κ1) is 17.9. The molecule has 0 spiro atoms. The number of aromatic nitrogens is 2. The lowest BCUT2D eigenvalue weighted by Crippen LogP contribution is -2.37. The van der Waals surface area contributed by atoms with E-state index in [4.69, 9.17) is 11.6 Å². The molecule has 0 unspecified atom stereocenters. The minimum Gasteiger partial charge on any atom is -0.228 e. The Labute approximate surface area is 165 Å². The van der Waals surface area contributed by atoms with Crippen molar-refractivity contribution in [2.45, 2.75) is 19.6 Å². The number of para-hydroxylation sites is 1. The molecule has 4 heteroatoms. The quantitative estimate of drug-likeness (QED) is 0.310. The van der Waals surface area contributed by atoms with Gasteiger partial charge in [-0.15, -0.1) is 0 Å². The molecule has 0 bridgehead atoms. The first-order valence-electron chi connectivity index (χ1n) is 9.05. The number of nitrogens with zero attached hydrogens (tertiary/aromatic N) is 2. The minimum absolute atomic E-state index is 0.488. The predicted molar refractivity (Wildman–Crippen MR) is 118 cm³/mol. The zero-order chi connectivity index (χ0) is 19.0. The van der Waals surface area contributed by atoms with Gasteiger partial charge in [-0.05, 0) is 23.3 Å². The molecule has 2 nitrogen and oxygen atoms in total. The van der Waals surface area contributed by atoms with Crippen molar-refractivity contribution in [3.63, 3.8) is 0 Å². The fraction of sp³-hybridized carbons (Fsp3) is 0.130. The van der Waals surface area contributed by atoms with Crippen molar-refractivity contribution in [1.82, 2.24) is 9.97 Å². The van der Waals surface area contributed by atoms with Crippen LogP contribution < -0.4 is 5.19 Å². The molecule has 0 aliphatic carbocycles. The Morgan fingerprint density at radius 1 is 0.667 bits per heavy atom. The molecule has 0 atom stereocenters. The molecule has 3 aromatic carbocycles. The van der Waals surface area contributed by atoms with E-state index in [2.05, 4.69) is 78.1 Å². The van der Waals surface area contributed by atoms with Crippen LogP contribution in [0.4, 0.5) is 0 Å². The highest BCUT2D eigenvalue weighted by Crippen LogP contribution is 2.27. The largest absolute Gasteiger partial charge is 0.228 e. The first-order valence-corrected chi connectivity index (χ1v) is 12.9. The maximum atomic E-state index is 6.34. The molecule has 0 radical (unpaired) electrons. The summed E-state index contributed by atoms with van der Waals surface area (Å²) in [5, 5.41) is 2.84. The fourth-order valence-corrected chi connectivity index (χ4v) is 4.55. The smallest absolute Gasteiger partial charge is 0.161 e. The van der Waals surface area contributed by atoms with E-state index in [1.54, 1.807) is 0 Å². The Morgan fingerprint density at radius 3 is 1.85 bits per heavy atom. The van der Waals surface area contributed by atoms with E-state index in [1.807, 2.05) is 24.3 Å². The van der Waals surface area contributed by atoms with Gasteiger partial charge in [0.05, 0.1) is 13.6 Å². The summed E-state index contributed by atoms with van der Waals surface area (Å²) in [5.41, 5.74) is 4.23. The molecule has 0 amide bonds. The van der Waals surface area contributed by atoms with Crippen LogP contribution in [0.1, 0.15) is 0 Å². The van der Waals surface area contributed by atoms with Gasteiger partial charge in [0.1, 0.15) is 5.15 Å². The third-order valence-electron chi connectivity index (χ3n) is 4.78. The maximum absolute atomic E-state index is 6.34. The van der Waals surface area contributed by atoms with Gasteiger partial charge in [-0.25, -0.2) is 9.97 Å². The molecule has 1 heterocycles. The van der Waals surface area contributed by atoms with Crippen LogP contribution in [0.2, 0.25) is 24.8 Å². The van der Waals surface area contributed by atoms with Crippen LogP contribution in [-0.2, 0) is 0 Å². The summed E-state index contributed by atoms with van der Waals surface area (Å²) >= 11 is 6.34. The molecule has 134 valence electrons. The number of fused-ring (bicyclic) bond motifs is 1. The number of hydrogen-bond donors (Lipinski definition) is 0. The van der Waals surface area contributed by atoms with Crippen molar-refractivity contribution in [1.29, 1.82) is 0 Å². The van der Waals surface area contributed by atoms with Crippen molar-refractivity contribution in [3.05, 3.63) is 77.9 Å². The Morgan fingerprint density at radius 2 is 1.22 bits per heavy atom. The van der Waals surface area contributed by atoms with Gasteiger partial charge in [-0.2, -0.15) is 0 Å². The third kappa shape index (κ3) is 3.66. The number of halogens is 1. The second-order valence-corrected chi connectivity index (χ2v) is 13.2. The van der Waals surface area contributed by atoms with Crippen molar-refractivity contribution in [3.8, 4) is 22.5 Å². The summed E-state index contributed by atoms with van der Waals surface area (Å²) in [6, 6.07) is 25.1. The highest BCUT2D eigenvalue weighted by atomic mass is 35.5. The zero-order valence-corrected chi connectivity index (χ0v) is 17.5. The van der Waals surface area contributed by atoms with Crippen molar-refractivity contribution in [2.24, 2.45) is 0 Å². The van der Waals surface area contributed by atoms with Gasteiger partial charge in [-0.1, -0.05) is 97.1 Å². The molecule has 0 fully saturated rings. The SMILES string of the molecule is C[Si](C)(C)c1ccc(-c2ccc(-c3nc(Cl)c4ccccc4n3)cc2)cc1. The summed E-state index contributed by atoms with van der Waals surface area (Å²) in [4.78, 5) is 9.13. The molecule has 0 aliphatic heterocycles. The molecular weight excluding hydrogens is 368 g/mol. The average molecular weight is 389 g/mol. The third-order valence-corrected chi connectivity index (χ3v) is 7.14. The molecule has 0 N–H and O–H groups in total. The van der Waals surface area contributed by atoms with Gasteiger partial charge < -0.3 is 0 Å². The van der Waals surface area contributed by atoms with Crippen molar-refractivity contribution >= 4 is 35.8 Å². The first-order chi connectivity index (χ1) is 12.9. The standard InChI is InChI=1S/C23H21ClN2Si/c1-27(2,3)19-14-12-17(13-15-19)16-8-10-18(11-9-16)23-25-21-7-5-4-6-20(21)22(24)26-23/h4-15H,1-3H3. The van der Waals surface area contributed by atoms with E-state index in [0.717, 1.165) is 16.5 Å². The molecule has 0 aliphatic rings. The molecule has 0 saturated carbocycles. The van der Waals surface area contributed by atoms with E-state index >= 15 is 0 Å². The summed E-state index contributed by atoms with van der Waals surface area (Å²) in [7, 11) is -1.27. The van der Waals surface area contributed by atoms with Crippen molar-refractivity contribution < 1.29 is 0 Å². The van der Waals surface area contributed by atoms with E-state index < -0.39 is 8.07 Å². The maximum Gasteiger partial charge on any atom is 0.161 e. The van der Waals surface area contributed by atoms with Crippen molar-refractivity contribution in [2.75, 3.05) is 0 Å². The topological polar surface area (TPSA) is 25.8 Å². The summed E-state index contributed by atoms with van der Waals surface area (Å²) in [6.07, 6.45) is 0. The van der Waals surface area contributed by atoms with Gasteiger partial charge in [0, 0.05) is 10.9 Å². The second kappa shape index (κ2) is 6.91. The van der Waals surface area contributed by atoms with E-state index in [1.165, 1.54) is 16.3 Å². The fourth-order valence-electron chi connectivity index (χ4n) is 3.14. The molecule has 4 rings (SSSR count). The minimum atomic E-state index is -1.27. The van der Waals surface area contributed by atoms with Crippen LogP contribution in [0.3, 0.4) is 0 Å². The number of hydrogen-bond acceptors (Lipinski definition) is 2. The lowest BCUT2D eigenvalue weighted by atomic mass is 10.0. The lowest BCUT2D eigenvalue weighted by Gasteiger charge is -2.16.